The number of hydrogen-bond acceptors (Lipinski definition) is 5. The number of aliphatic hydroxyl groups excluding tert-OH is 1. The molecule has 2 unspecified atom stereocenters. The molecule has 0 aromatic heterocycles. The van der Waals surface area contributed by atoms with Gasteiger partial charge in [0.2, 0.25) is 0 Å². The first-order valence-corrected chi connectivity index (χ1v) is 12.6. The fraction of sp³-hybridized carbons (Fsp3) is 0.440. The molecule has 1 aliphatic rings. The van der Waals surface area contributed by atoms with E-state index >= 15 is 0 Å². The quantitative estimate of drug-likeness (QED) is 0.613. The van der Waals surface area contributed by atoms with Crippen molar-refractivity contribution in [2.24, 2.45) is 0 Å². The molecule has 34 heavy (non-hydrogen) atoms. The lowest BCUT2D eigenvalue weighted by atomic mass is 9.92. The van der Waals surface area contributed by atoms with Crippen LogP contribution in [0.3, 0.4) is 0 Å². The first-order valence-electron chi connectivity index (χ1n) is 11.0. The summed E-state index contributed by atoms with van der Waals surface area (Å²) >= 11 is 0. The molecule has 0 saturated carbocycles. The minimum Gasteiger partial charge on any atom is -0.380 e. The molecule has 1 fully saturated rings. The average molecular weight is 496 g/mol. The van der Waals surface area contributed by atoms with E-state index < -0.39 is 33.0 Å². The molecule has 9 heteroatoms. The van der Waals surface area contributed by atoms with Crippen LogP contribution in [0.5, 0.6) is 0 Å². The number of piperidine rings is 1. The van der Waals surface area contributed by atoms with E-state index in [0.717, 1.165) is 0 Å². The van der Waals surface area contributed by atoms with Gasteiger partial charge in [0.1, 0.15) is 6.10 Å². The number of sulfone groups is 1. The molecule has 3 rings (SSSR count). The highest BCUT2D eigenvalue weighted by atomic mass is 32.2. The third-order valence-corrected chi connectivity index (χ3v) is 8.44. The van der Waals surface area contributed by atoms with E-state index in [1.165, 1.54) is 18.2 Å². The second-order valence-corrected chi connectivity index (χ2v) is 10.8. The Morgan fingerprint density at radius 2 is 1.74 bits per heavy atom. The predicted octanol–water partition coefficient (Wildman–Crippen LogP) is 4.02. The molecule has 2 N–H and O–H groups in total. The van der Waals surface area contributed by atoms with Crippen LogP contribution in [0.25, 0.3) is 0 Å². The van der Waals surface area contributed by atoms with Gasteiger partial charge < -0.3 is 15.1 Å². The van der Waals surface area contributed by atoms with Crippen molar-refractivity contribution in [2.75, 3.05) is 18.0 Å². The number of hydrogen-bond donors (Lipinski definition) is 2. The monoisotopic (exact) mass is 495 g/mol. The predicted molar refractivity (Wildman–Crippen MR) is 124 cm³/mol. The Labute approximate surface area is 198 Å². The molecule has 0 spiro atoms. The van der Waals surface area contributed by atoms with Crippen LogP contribution in [0, 0.1) is 11.8 Å². The van der Waals surface area contributed by atoms with Gasteiger partial charge in [-0.1, -0.05) is 43.0 Å². The van der Waals surface area contributed by atoms with Crippen molar-refractivity contribution in [2.45, 2.75) is 61.1 Å². The smallest absolute Gasteiger partial charge is 0.380 e. The number of benzene rings is 2. The van der Waals surface area contributed by atoms with E-state index in [2.05, 4.69) is 11.8 Å². The van der Waals surface area contributed by atoms with Gasteiger partial charge in [0.15, 0.2) is 15.4 Å². The summed E-state index contributed by atoms with van der Waals surface area (Å²) in [5, 5.41) is 19.4. The van der Waals surface area contributed by atoms with Crippen LogP contribution in [0.4, 0.5) is 18.9 Å². The van der Waals surface area contributed by atoms with Gasteiger partial charge in [-0.05, 0) is 56.0 Å². The summed E-state index contributed by atoms with van der Waals surface area (Å²) in [7, 11) is -3.49. The molecule has 0 bridgehead atoms. The van der Waals surface area contributed by atoms with E-state index in [0.29, 0.717) is 45.0 Å². The lowest BCUT2D eigenvalue weighted by Crippen LogP contribution is -2.40. The Balaban J connectivity index is 1.90. The van der Waals surface area contributed by atoms with Crippen LogP contribution >= 0.6 is 0 Å². The molecule has 2 atom stereocenters. The molecule has 184 valence electrons. The van der Waals surface area contributed by atoms with E-state index in [4.69, 9.17) is 0 Å². The molecule has 0 aliphatic carbocycles. The Hall–Kier alpha value is -2.54. The molecular formula is C25H28F3NO4S. The van der Waals surface area contributed by atoms with Crippen LogP contribution in [0.2, 0.25) is 0 Å². The summed E-state index contributed by atoms with van der Waals surface area (Å²) in [5.41, 5.74) is -2.66. The molecular weight excluding hydrogens is 467 g/mol. The van der Waals surface area contributed by atoms with Crippen LogP contribution in [-0.4, -0.2) is 49.3 Å². The molecule has 0 amide bonds. The van der Waals surface area contributed by atoms with Gasteiger partial charge in [-0.25, -0.2) is 8.42 Å². The summed E-state index contributed by atoms with van der Waals surface area (Å²) in [6.45, 7) is 3.15. The van der Waals surface area contributed by atoms with Gasteiger partial charge in [-0.3, -0.25) is 0 Å². The van der Waals surface area contributed by atoms with E-state index in [1.807, 2.05) is 4.90 Å². The second kappa shape index (κ2) is 9.98. The van der Waals surface area contributed by atoms with E-state index in [9.17, 15) is 31.8 Å². The summed E-state index contributed by atoms with van der Waals surface area (Å²) in [6, 6.07) is 12.1. The third kappa shape index (κ3) is 5.40. The second-order valence-electron chi connectivity index (χ2n) is 8.54. The highest BCUT2D eigenvalue weighted by Crippen LogP contribution is 2.40. The van der Waals surface area contributed by atoms with Crippen molar-refractivity contribution in [3.8, 4) is 11.8 Å². The molecule has 1 aliphatic heterocycles. The van der Waals surface area contributed by atoms with E-state index in [1.54, 1.807) is 37.3 Å². The topological polar surface area (TPSA) is 77.8 Å². The van der Waals surface area contributed by atoms with Crippen molar-refractivity contribution < 1.29 is 31.8 Å². The zero-order chi connectivity index (χ0) is 25.1. The zero-order valence-electron chi connectivity index (χ0n) is 19.0. The molecule has 0 radical (unpaired) electrons. The lowest BCUT2D eigenvalue weighted by Gasteiger charge is -2.34. The summed E-state index contributed by atoms with van der Waals surface area (Å²) in [6.07, 6.45) is -4.77. The average Bonchev–Trinajstić information content (AvgIpc) is 2.82. The summed E-state index contributed by atoms with van der Waals surface area (Å²) in [5.74, 6) is 5.37. The Morgan fingerprint density at radius 3 is 2.29 bits per heavy atom. The minimum atomic E-state index is -4.88. The van der Waals surface area contributed by atoms with Crippen molar-refractivity contribution in [3.63, 3.8) is 0 Å². The minimum absolute atomic E-state index is 0.235. The molecule has 2 aromatic carbocycles. The maximum absolute atomic E-state index is 13.4. The van der Waals surface area contributed by atoms with Crippen molar-refractivity contribution in [1.29, 1.82) is 0 Å². The fourth-order valence-electron chi connectivity index (χ4n) is 3.85. The molecule has 1 saturated heterocycles. The number of nitrogens with zero attached hydrogens (tertiary/aromatic N) is 1. The first-order chi connectivity index (χ1) is 15.9. The van der Waals surface area contributed by atoms with E-state index in [-0.39, 0.29) is 16.0 Å². The van der Waals surface area contributed by atoms with Gasteiger partial charge in [-0.15, -0.1) is 0 Å². The molecule has 5 nitrogen and oxygen atoms in total. The number of anilines is 1. The number of aliphatic hydroxyl groups is 2. The SMILES string of the molecule is CCC(O)C#Cc1cc(C(C)(O)C(F)(F)F)ccc1N1CCC(S(=O)(=O)c2ccccc2)CC1. The maximum Gasteiger partial charge on any atom is 0.421 e. The van der Waals surface area contributed by atoms with Crippen LogP contribution in [0.15, 0.2) is 53.4 Å². The Bertz CT molecular complexity index is 1160. The van der Waals surface area contributed by atoms with Crippen LogP contribution in [0.1, 0.15) is 44.2 Å². The van der Waals surface area contributed by atoms with Crippen LogP contribution in [-0.2, 0) is 15.4 Å². The number of rotatable bonds is 5. The molecule has 1 heterocycles. The third-order valence-electron chi connectivity index (χ3n) is 6.16. The summed E-state index contributed by atoms with van der Waals surface area (Å²) in [4.78, 5) is 2.15. The van der Waals surface area contributed by atoms with Crippen molar-refractivity contribution in [3.05, 3.63) is 59.7 Å². The van der Waals surface area contributed by atoms with Gasteiger partial charge in [0.05, 0.1) is 15.8 Å². The maximum atomic E-state index is 13.4. The normalized spacial score (nSPS) is 18.0. The van der Waals surface area contributed by atoms with Gasteiger partial charge in [0, 0.05) is 18.7 Å². The number of alkyl halides is 3. The zero-order valence-corrected chi connectivity index (χ0v) is 19.8. The first kappa shape index (κ1) is 26.1. The van der Waals surface area contributed by atoms with Crippen molar-refractivity contribution in [1.82, 2.24) is 0 Å². The van der Waals surface area contributed by atoms with Gasteiger partial charge in [0.25, 0.3) is 0 Å². The largest absolute Gasteiger partial charge is 0.421 e. The Morgan fingerprint density at radius 1 is 1.12 bits per heavy atom. The molecule has 2 aromatic rings. The van der Waals surface area contributed by atoms with Crippen LogP contribution < -0.4 is 4.90 Å². The highest BCUT2D eigenvalue weighted by molar-refractivity contribution is 7.92. The van der Waals surface area contributed by atoms with Crippen molar-refractivity contribution >= 4 is 15.5 Å². The summed E-state index contributed by atoms with van der Waals surface area (Å²) < 4.78 is 66.0. The van der Waals surface area contributed by atoms with Gasteiger partial charge in [-0.2, -0.15) is 13.2 Å². The fourth-order valence-corrected chi connectivity index (χ4v) is 5.60. The lowest BCUT2D eigenvalue weighted by molar-refractivity contribution is -0.258. The highest BCUT2D eigenvalue weighted by Gasteiger charge is 2.51. The van der Waals surface area contributed by atoms with Gasteiger partial charge >= 0.3 is 6.18 Å². The number of halogens is 3. The standard InChI is InChI=1S/C25H28F3NO4S/c1-3-20(30)11-9-18-17-19(24(2,31)25(26,27)28)10-12-23(18)29-15-13-22(14-16-29)34(32,33)21-7-5-4-6-8-21/h4-8,10,12,17,20,22,30-31H,3,13-16H2,1-2H3. The Kier molecular flexibility index (Phi) is 7.65.